The van der Waals surface area contributed by atoms with Crippen molar-refractivity contribution in [2.45, 2.75) is 19.4 Å². The van der Waals surface area contributed by atoms with Crippen LogP contribution in [0.2, 0.25) is 5.02 Å². The van der Waals surface area contributed by atoms with E-state index in [0.717, 1.165) is 10.0 Å². The van der Waals surface area contributed by atoms with Crippen LogP contribution in [0.4, 0.5) is 0 Å². The third kappa shape index (κ3) is 5.69. The van der Waals surface area contributed by atoms with Gasteiger partial charge in [0.1, 0.15) is 9.84 Å². The van der Waals surface area contributed by atoms with E-state index in [1.54, 1.807) is 0 Å². The van der Waals surface area contributed by atoms with E-state index in [-0.39, 0.29) is 11.8 Å². The number of rotatable bonds is 6. The molecule has 0 aliphatic carbocycles. The predicted molar refractivity (Wildman–Crippen MR) is 79.9 cm³/mol. The van der Waals surface area contributed by atoms with Crippen molar-refractivity contribution in [2.24, 2.45) is 0 Å². The fourth-order valence-corrected chi connectivity index (χ4v) is 3.12. The molecule has 1 unspecified atom stereocenters. The molecule has 0 aromatic heterocycles. The van der Waals surface area contributed by atoms with Crippen LogP contribution in [0, 0.1) is 0 Å². The number of hydrogen-bond donors (Lipinski definition) is 1. The Balaban J connectivity index is 2.48. The molecule has 0 saturated heterocycles. The van der Waals surface area contributed by atoms with Gasteiger partial charge in [-0.25, -0.2) is 8.42 Å². The van der Waals surface area contributed by atoms with Gasteiger partial charge in [-0.3, -0.25) is 0 Å². The highest BCUT2D eigenvalue weighted by molar-refractivity contribution is 9.10. The summed E-state index contributed by atoms with van der Waals surface area (Å²) in [4.78, 5) is 0. The van der Waals surface area contributed by atoms with Crippen LogP contribution >= 0.6 is 27.5 Å². The molecular formula is C12H17BrClNO2S. The average Bonchev–Trinajstić information content (AvgIpc) is 2.22. The Kier molecular flexibility index (Phi) is 6.11. The maximum absolute atomic E-state index is 11.0. The number of halogens is 2. The number of hydrogen-bond acceptors (Lipinski definition) is 3. The normalized spacial score (nSPS) is 13.6. The minimum atomic E-state index is -2.87. The molecule has 1 aromatic carbocycles. The summed E-state index contributed by atoms with van der Waals surface area (Å²) in [5.41, 5.74) is 1.01. The molecule has 0 amide bonds. The van der Waals surface area contributed by atoms with Crippen molar-refractivity contribution in [3.8, 4) is 0 Å². The summed E-state index contributed by atoms with van der Waals surface area (Å²) in [6.45, 7) is 2.66. The monoisotopic (exact) mass is 353 g/mol. The van der Waals surface area contributed by atoms with Gasteiger partial charge in [0.15, 0.2) is 0 Å². The summed E-state index contributed by atoms with van der Waals surface area (Å²) in [5, 5.41) is 3.97. The van der Waals surface area contributed by atoms with Crippen LogP contribution < -0.4 is 5.32 Å². The van der Waals surface area contributed by atoms with Crippen molar-refractivity contribution in [1.29, 1.82) is 0 Å². The zero-order valence-corrected chi connectivity index (χ0v) is 13.6. The Labute approximate surface area is 122 Å². The highest BCUT2D eigenvalue weighted by Crippen LogP contribution is 2.26. The van der Waals surface area contributed by atoms with Crippen LogP contribution in [0.25, 0.3) is 0 Å². The van der Waals surface area contributed by atoms with Crippen LogP contribution in [0.3, 0.4) is 0 Å². The SMILES string of the molecule is CC(NCCCS(C)(=O)=O)c1ccc(Br)cc1Cl. The number of benzene rings is 1. The molecule has 0 bridgehead atoms. The first-order valence-electron chi connectivity index (χ1n) is 5.65. The molecule has 3 nitrogen and oxygen atoms in total. The third-order valence-electron chi connectivity index (χ3n) is 2.57. The summed E-state index contributed by atoms with van der Waals surface area (Å²) >= 11 is 9.50. The largest absolute Gasteiger partial charge is 0.310 e. The van der Waals surface area contributed by atoms with Gasteiger partial charge in [-0.15, -0.1) is 0 Å². The minimum absolute atomic E-state index is 0.102. The van der Waals surface area contributed by atoms with Crippen LogP contribution in [-0.2, 0) is 9.84 Å². The van der Waals surface area contributed by atoms with Crippen LogP contribution in [0.5, 0.6) is 0 Å². The van der Waals surface area contributed by atoms with Crippen molar-refractivity contribution in [2.75, 3.05) is 18.6 Å². The number of nitrogens with one attached hydrogen (secondary N) is 1. The Hall–Kier alpha value is -0.100. The van der Waals surface area contributed by atoms with Gasteiger partial charge in [-0.1, -0.05) is 33.6 Å². The Morgan fingerprint density at radius 1 is 1.44 bits per heavy atom. The van der Waals surface area contributed by atoms with Crippen molar-refractivity contribution in [1.82, 2.24) is 5.32 Å². The summed E-state index contributed by atoms with van der Waals surface area (Å²) in [6, 6.07) is 5.85. The van der Waals surface area contributed by atoms with Gasteiger partial charge < -0.3 is 5.32 Å². The maximum Gasteiger partial charge on any atom is 0.147 e. The smallest absolute Gasteiger partial charge is 0.147 e. The van der Waals surface area contributed by atoms with Gasteiger partial charge in [0.2, 0.25) is 0 Å². The highest BCUT2D eigenvalue weighted by Gasteiger charge is 2.09. The van der Waals surface area contributed by atoms with E-state index in [0.29, 0.717) is 18.0 Å². The Morgan fingerprint density at radius 2 is 2.11 bits per heavy atom. The average molecular weight is 355 g/mol. The molecule has 0 saturated carbocycles. The molecule has 0 aliphatic heterocycles. The quantitative estimate of drug-likeness (QED) is 0.798. The molecule has 0 aliphatic rings. The first-order chi connectivity index (χ1) is 8.29. The molecule has 0 radical (unpaired) electrons. The second-order valence-corrected chi connectivity index (χ2v) is 7.91. The highest BCUT2D eigenvalue weighted by atomic mass is 79.9. The second kappa shape index (κ2) is 6.89. The van der Waals surface area contributed by atoms with Gasteiger partial charge >= 0.3 is 0 Å². The van der Waals surface area contributed by atoms with Gasteiger partial charge in [0, 0.05) is 21.8 Å². The molecule has 6 heteroatoms. The van der Waals surface area contributed by atoms with Gasteiger partial charge in [0.25, 0.3) is 0 Å². The number of sulfone groups is 1. The Morgan fingerprint density at radius 3 is 2.67 bits per heavy atom. The molecular weight excluding hydrogens is 338 g/mol. The summed E-state index contributed by atoms with van der Waals surface area (Å²) < 4.78 is 22.9. The predicted octanol–water partition coefficient (Wildman–Crippen LogP) is 3.19. The minimum Gasteiger partial charge on any atom is -0.310 e. The standard InChI is InChI=1S/C12H17BrClNO2S/c1-9(15-6-3-7-18(2,16)17)11-5-4-10(13)8-12(11)14/h4-5,8-9,15H,3,6-7H2,1-2H3. The van der Waals surface area contributed by atoms with Gasteiger partial charge in [-0.2, -0.15) is 0 Å². The lowest BCUT2D eigenvalue weighted by Gasteiger charge is -2.15. The summed E-state index contributed by atoms with van der Waals surface area (Å²) in [5.74, 6) is 0.209. The van der Waals surface area contributed by atoms with Crippen LogP contribution in [0.15, 0.2) is 22.7 Å². The van der Waals surface area contributed by atoms with E-state index >= 15 is 0 Å². The molecule has 0 spiro atoms. The van der Waals surface area contributed by atoms with Crippen molar-refractivity contribution < 1.29 is 8.42 Å². The lowest BCUT2D eigenvalue weighted by Crippen LogP contribution is -2.22. The molecule has 0 fully saturated rings. The van der Waals surface area contributed by atoms with E-state index in [1.165, 1.54) is 6.26 Å². The first-order valence-corrected chi connectivity index (χ1v) is 8.89. The van der Waals surface area contributed by atoms with Gasteiger partial charge in [-0.05, 0) is 37.6 Å². The van der Waals surface area contributed by atoms with E-state index in [9.17, 15) is 8.42 Å². The zero-order valence-electron chi connectivity index (χ0n) is 10.4. The lowest BCUT2D eigenvalue weighted by atomic mass is 10.1. The molecule has 1 atom stereocenters. The molecule has 18 heavy (non-hydrogen) atoms. The van der Waals surface area contributed by atoms with E-state index in [2.05, 4.69) is 21.2 Å². The van der Waals surface area contributed by atoms with E-state index < -0.39 is 9.84 Å². The summed E-state index contributed by atoms with van der Waals surface area (Å²) in [6.07, 6.45) is 1.86. The zero-order chi connectivity index (χ0) is 13.8. The molecule has 0 heterocycles. The molecule has 1 rings (SSSR count). The summed E-state index contributed by atoms with van der Waals surface area (Å²) in [7, 11) is -2.87. The molecule has 1 aromatic rings. The third-order valence-corrected chi connectivity index (χ3v) is 4.42. The topological polar surface area (TPSA) is 46.2 Å². The van der Waals surface area contributed by atoms with Crippen LogP contribution in [-0.4, -0.2) is 27.0 Å². The van der Waals surface area contributed by atoms with Crippen molar-refractivity contribution in [3.05, 3.63) is 33.3 Å². The maximum atomic E-state index is 11.0. The van der Waals surface area contributed by atoms with E-state index in [4.69, 9.17) is 11.6 Å². The van der Waals surface area contributed by atoms with E-state index in [1.807, 2.05) is 25.1 Å². The van der Waals surface area contributed by atoms with Gasteiger partial charge in [0.05, 0.1) is 5.75 Å². The first kappa shape index (κ1) is 16.0. The lowest BCUT2D eigenvalue weighted by molar-refractivity contribution is 0.562. The fraction of sp³-hybridized carbons (Fsp3) is 0.500. The second-order valence-electron chi connectivity index (χ2n) is 4.33. The fourth-order valence-electron chi connectivity index (χ4n) is 1.62. The molecule has 102 valence electrons. The van der Waals surface area contributed by atoms with Crippen LogP contribution in [0.1, 0.15) is 24.9 Å². The van der Waals surface area contributed by atoms with Crippen molar-refractivity contribution >= 4 is 37.4 Å². The molecule has 1 N–H and O–H groups in total. The Bertz CT molecular complexity index is 505. The van der Waals surface area contributed by atoms with Crippen molar-refractivity contribution in [3.63, 3.8) is 0 Å².